The van der Waals surface area contributed by atoms with E-state index in [0.29, 0.717) is 17.9 Å². The second-order valence-corrected chi connectivity index (χ2v) is 6.32. The van der Waals surface area contributed by atoms with E-state index in [-0.39, 0.29) is 11.9 Å². The lowest BCUT2D eigenvalue weighted by molar-refractivity contribution is 0.0672. The van der Waals surface area contributed by atoms with Crippen LogP contribution in [0.3, 0.4) is 0 Å². The van der Waals surface area contributed by atoms with Crippen molar-refractivity contribution in [2.45, 2.75) is 25.8 Å². The summed E-state index contributed by atoms with van der Waals surface area (Å²) in [6.07, 6.45) is 7.57. The van der Waals surface area contributed by atoms with Crippen LogP contribution < -0.4 is 0 Å². The van der Waals surface area contributed by atoms with Gasteiger partial charge in [0.05, 0.1) is 23.8 Å². The Labute approximate surface area is 145 Å². The molecule has 7 nitrogen and oxygen atoms in total. The molecule has 4 rings (SSSR count). The fraction of sp³-hybridized carbons (Fsp3) is 0.333. The number of imidazole rings is 1. The number of para-hydroxylation sites is 1. The molecule has 0 bridgehead atoms. The number of carbonyl (C=O) groups is 1. The standard InChI is InChI=1S/C18H20N6O/c1-14-17(21-24(20-14)15-6-3-2-4-7-15)18(25)22-10-5-8-16(12-22)23-11-9-19-13-23/h2-4,6-7,9,11,13,16H,5,8,10,12H2,1H3. The van der Waals surface area contributed by atoms with Gasteiger partial charge in [-0.1, -0.05) is 18.2 Å². The van der Waals surface area contributed by atoms with Crippen LogP contribution in [0.5, 0.6) is 0 Å². The second kappa shape index (κ2) is 6.51. The summed E-state index contributed by atoms with van der Waals surface area (Å²) in [7, 11) is 0. The molecule has 0 radical (unpaired) electrons. The van der Waals surface area contributed by atoms with Gasteiger partial charge >= 0.3 is 0 Å². The van der Waals surface area contributed by atoms with Crippen molar-refractivity contribution in [2.24, 2.45) is 0 Å². The molecule has 1 unspecified atom stereocenters. The number of amides is 1. The van der Waals surface area contributed by atoms with Crippen LogP contribution in [0.15, 0.2) is 49.1 Å². The van der Waals surface area contributed by atoms with Crippen molar-refractivity contribution in [1.82, 2.24) is 29.4 Å². The van der Waals surface area contributed by atoms with Crippen molar-refractivity contribution in [3.8, 4) is 5.69 Å². The molecule has 0 aliphatic carbocycles. The molecule has 0 saturated carbocycles. The maximum absolute atomic E-state index is 13.0. The average Bonchev–Trinajstić information content (AvgIpc) is 3.32. The summed E-state index contributed by atoms with van der Waals surface area (Å²) >= 11 is 0. The highest BCUT2D eigenvalue weighted by atomic mass is 16.2. The van der Waals surface area contributed by atoms with Crippen molar-refractivity contribution in [2.75, 3.05) is 13.1 Å². The van der Waals surface area contributed by atoms with E-state index in [0.717, 1.165) is 25.1 Å². The first-order valence-electron chi connectivity index (χ1n) is 8.48. The van der Waals surface area contributed by atoms with E-state index < -0.39 is 0 Å². The van der Waals surface area contributed by atoms with Crippen LogP contribution in [0.2, 0.25) is 0 Å². The molecule has 1 amide bonds. The van der Waals surface area contributed by atoms with E-state index in [1.165, 1.54) is 4.80 Å². The number of rotatable bonds is 3. The highest BCUT2D eigenvalue weighted by Crippen LogP contribution is 2.23. The topological polar surface area (TPSA) is 68.8 Å². The van der Waals surface area contributed by atoms with Crippen LogP contribution in [0.25, 0.3) is 5.69 Å². The fourth-order valence-corrected chi connectivity index (χ4v) is 3.27. The summed E-state index contributed by atoms with van der Waals surface area (Å²) in [6.45, 7) is 3.26. The van der Waals surface area contributed by atoms with Crippen molar-refractivity contribution in [3.63, 3.8) is 0 Å². The number of aryl methyl sites for hydroxylation is 1. The third-order valence-corrected chi connectivity index (χ3v) is 4.60. The van der Waals surface area contributed by atoms with Gasteiger partial charge in [0.2, 0.25) is 0 Å². The predicted octanol–water partition coefficient (Wildman–Crippen LogP) is 2.25. The van der Waals surface area contributed by atoms with E-state index in [1.807, 2.05) is 54.7 Å². The van der Waals surface area contributed by atoms with Gasteiger partial charge in [-0.15, -0.1) is 5.10 Å². The minimum atomic E-state index is -0.0514. The smallest absolute Gasteiger partial charge is 0.276 e. The Kier molecular flexibility index (Phi) is 4.05. The number of hydrogen-bond acceptors (Lipinski definition) is 4. The molecular weight excluding hydrogens is 316 g/mol. The molecular formula is C18H20N6O. The van der Waals surface area contributed by atoms with Crippen molar-refractivity contribution in [1.29, 1.82) is 0 Å². The molecule has 7 heteroatoms. The normalized spacial score (nSPS) is 17.6. The number of hydrogen-bond donors (Lipinski definition) is 0. The maximum atomic E-state index is 13.0. The van der Waals surface area contributed by atoms with Crippen LogP contribution in [-0.4, -0.2) is 48.4 Å². The Bertz CT molecular complexity index is 855. The van der Waals surface area contributed by atoms with E-state index >= 15 is 0 Å². The van der Waals surface area contributed by atoms with E-state index in [4.69, 9.17) is 0 Å². The Morgan fingerprint density at radius 3 is 2.80 bits per heavy atom. The Balaban J connectivity index is 1.55. The van der Waals surface area contributed by atoms with Crippen LogP contribution in [-0.2, 0) is 0 Å². The van der Waals surface area contributed by atoms with Gasteiger partial charge in [-0.25, -0.2) is 4.98 Å². The third kappa shape index (κ3) is 3.05. The first-order chi connectivity index (χ1) is 12.2. The quantitative estimate of drug-likeness (QED) is 0.736. The zero-order chi connectivity index (χ0) is 17.2. The van der Waals surface area contributed by atoms with Crippen molar-refractivity contribution >= 4 is 5.91 Å². The molecule has 0 spiro atoms. The minimum Gasteiger partial charge on any atom is -0.335 e. The number of nitrogens with zero attached hydrogens (tertiary/aromatic N) is 6. The van der Waals surface area contributed by atoms with Gasteiger partial charge in [-0.3, -0.25) is 4.79 Å². The zero-order valence-corrected chi connectivity index (χ0v) is 14.1. The highest BCUT2D eigenvalue weighted by molar-refractivity contribution is 5.93. The molecule has 1 aliphatic heterocycles. The Morgan fingerprint density at radius 1 is 1.20 bits per heavy atom. The van der Waals surface area contributed by atoms with Crippen molar-refractivity contribution < 1.29 is 4.79 Å². The Hall–Kier alpha value is -2.96. The van der Waals surface area contributed by atoms with Gasteiger partial charge in [-0.05, 0) is 31.9 Å². The number of aromatic nitrogens is 5. The average molecular weight is 336 g/mol. The molecule has 3 heterocycles. The molecule has 1 fully saturated rings. The Morgan fingerprint density at radius 2 is 2.04 bits per heavy atom. The lowest BCUT2D eigenvalue weighted by atomic mass is 10.1. The third-order valence-electron chi connectivity index (χ3n) is 4.60. The van der Waals surface area contributed by atoms with E-state index in [2.05, 4.69) is 19.7 Å². The lowest BCUT2D eigenvalue weighted by Gasteiger charge is -2.33. The summed E-state index contributed by atoms with van der Waals surface area (Å²) in [4.78, 5) is 20.5. The molecule has 0 N–H and O–H groups in total. The lowest BCUT2D eigenvalue weighted by Crippen LogP contribution is -2.41. The van der Waals surface area contributed by atoms with Gasteiger partial charge in [0, 0.05) is 25.5 Å². The first kappa shape index (κ1) is 15.6. The molecule has 1 saturated heterocycles. The summed E-state index contributed by atoms with van der Waals surface area (Å²) < 4.78 is 2.08. The summed E-state index contributed by atoms with van der Waals surface area (Å²) in [5.41, 5.74) is 1.92. The molecule has 128 valence electrons. The zero-order valence-electron chi connectivity index (χ0n) is 14.1. The number of carbonyl (C=O) groups excluding carboxylic acids is 1. The molecule has 2 aromatic heterocycles. The highest BCUT2D eigenvalue weighted by Gasteiger charge is 2.28. The van der Waals surface area contributed by atoms with Gasteiger partial charge < -0.3 is 9.47 Å². The van der Waals surface area contributed by atoms with Gasteiger partial charge in [0.1, 0.15) is 0 Å². The molecule has 1 atom stereocenters. The fourth-order valence-electron chi connectivity index (χ4n) is 3.27. The van der Waals surface area contributed by atoms with Gasteiger partial charge in [0.15, 0.2) is 5.69 Å². The predicted molar refractivity (Wildman–Crippen MR) is 92.5 cm³/mol. The monoisotopic (exact) mass is 336 g/mol. The largest absolute Gasteiger partial charge is 0.335 e. The van der Waals surface area contributed by atoms with Crippen LogP contribution in [0.1, 0.15) is 35.1 Å². The van der Waals surface area contributed by atoms with Crippen LogP contribution in [0, 0.1) is 6.92 Å². The van der Waals surface area contributed by atoms with E-state index in [9.17, 15) is 4.79 Å². The summed E-state index contributed by atoms with van der Waals surface area (Å²) in [6, 6.07) is 9.90. The maximum Gasteiger partial charge on any atom is 0.276 e. The van der Waals surface area contributed by atoms with Crippen LogP contribution in [0.4, 0.5) is 0 Å². The van der Waals surface area contributed by atoms with E-state index in [1.54, 1.807) is 6.20 Å². The van der Waals surface area contributed by atoms with Gasteiger partial charge in [-0.2, -0.15) is 9.90 Å². The first-order valence-corrected chi connectivity index (χ1v) is 8.48. The second-order valence-electron chi connectivity index (χ2n) is 6.32. The number of benzene rings is 1. The molecule has 25 heavy (non-hydrogen) atoms. The number of likely N-dealkylation sites (tertiary alicyclic amines) is 1. The molecule has 3 aromatic rings. The van der Waals surface area contributed by atoms with Crippen LogP contribution >= 0.6 is 0 Å². The minimum absolute atomic E-state index is 0.0514. The van der Waals surface area contributed by atoms with Crippen molar-refractivity contribution in [3.05, 3.63) is 60.4 Å². The van der Waals surface area contributed by atoms with Gasteiger partial charge in [0.25, 0.3) is 5.91 Å². The molecule has 1 aliphatic rings. The molecule has 1 aromatic carbocycles. The summed E-state index contributed by atoms with van der Waals surface area (Å²) in [5.74, 6) is -0.0514. The number of piperidine rings is 1. The SMILES string of the molecule is Cc1nn(-c2ccccc2)nc1C(=O)N1CCCC(n2ccnc2)C1. The summed E-state index contributed by atoms with van der Waals surface area (Å²) in [5, 5.41) is 8.85.